The molecule has 1 aromatic rings. The highest BCUT2D eigenvalue weighted by molar-refractivity contribution is 6.30. The minimum Gasteiger partial charge on any atom is -0.484 e. The number of benzene rings is 1. The highest BCUT2D eigenvalue weighted by Crippen LogP contribution is 2.21. The number of carbonyl (C=O) groups is 1. The van der Waals surface area contributed by atoms with Crippen LogP contribution in [0.15, 0.2) is 18.2 Å². The van der Waals surface area contributed by atoms with Crippen molar-refractivity contribution in [1.29, 1.82) is 0 Å². The van der Waals surface area contributed by atoms with Crippen LogP contribution in [0.1, 0.15) is 45.1 Å². The Morgan fingerprint density at radius 3 is 2.76 bits per heavy atom. The molecule has 1 atom stereocenters. The summed E-state index contributed by atoms with van der Waals surface area (Å²) in [6.45, 7) is 7.05. The fourth-order valence-corrected chi connectivity index (χ4v) is 2.40. The third kappa shape index (κ3) is 6.85. The molecule has 0 spiro atoms. The van der Waals surface area contributed by atoms with E-state index in [0.717, 1.165) is 18.5 Å². The monoisotopic (exact) mass is 311 g/mol. The minimum absolute atomic E-state index is 0.0483. The number of amides is 1. The molecule has 1 N–H and O–H groups in total. The van der Waals surface area contributed by atoms with Crippen LogP contribution in [0.4, 0.5) is 0 Å². The fourth-order valence-electron chi connectivity index (χ4n) is 2.17. The van der Waals surface area contributed by atoms with Crippen LogP contribution in [0, 0.1) is 12.8 Å². The largest absolute Gasteiger partial charge is 0.484 e. The molecule has 3 nitrogen and oxygen atoms in total. The molecule has 0 heterocycles. The van der Waals surface area contributed by atoms with E-state index in [1.165, 1.54) is 19.3 Å². The van der Waals surface area contributed by atoms with Gasteiger partial charge in [0.2, 0.25) is 0 Å². The zero-order chi connectivity index (χ0) is 15.7. The predicted molar refractivity (Wildman–Crippen MR) is 88.0 cm³/mol. The Morgan fingerprint density at radius 2 is 2.14 bits per heavy atom. The number of ether oxygens (including phenoxy) is 1. The summed E-state index contributed by atoms with van der Waals surface area (Å²) in [5.74, 6) is 1.19. The highest BCUT2D eigenvalue weighted by atomic mass is 35.5. The number of aryl methyl sites for hydroxylation is 1. The predicted octanol–water partition coefficient (Wildman–Crippen LogP) is 4.36. The molecule has 0 fully saturated rings. The third-order valence-corrected chi connectivity index (χ3v) is 3.86. The van der Waals surface area contributed by atoms with Crippen molar-refractivity contribution in [1.82, 2.24) is 5.32 Å². The van der Waals surface area contributed by atoms with Gasteiger partial charge in [-0.1, -0.05) is 44.7 Å². The van der Waals surface area contributed by atoms with Crippen molar-refractivity contribution in [3.8, 4) is 5.75 Å². The van der Waals surface area contributed by atoms with E-state index in [-0.39, 0.29) is 12.5 Å². The summed E-state index contributed by atoms with van der Waals surface area (Å²) in [6.07, 6.45) is 4.68. The number of rotatable bonds is 9. The maximum absolute atomic E-state index is 11.8. The van der Waals surface area contributed by atoms with E-state index in [9.17, 15) is 4.79 Å². The molecule has 0 saturated heterocycles. The van der Waals surface area contributed by atoms with Crippen LogP contribution >= 0.6 is 11.6 Å². The summed E-state index contributed by atoms with van der Waals surface area (Å²) in [5.41, 5.74) is 0.935. The summed E-state index contributed by atoms with van der Waals surface area (Å²) >= 11 is 5.89. The van der Waals surface area contributed by atoms with Gasteiger partial charge in [-0.25, -0.2) is 0 Å². The summed E-state index contributed by atoms with van der Waals surface area (Å²) in [5, 5.41) is 3.63. The van der Waals surface area contributed by atoms with Crippen LogP contribution in [-0.2, 0) is 4.79 Å². The molecule has 0 aromatic heterocycles. The summed E-state index contributed by atoms with van der Waals surface area (Å²) in [4.78, 5) is 11.8. The van der Waals surface area contributed by atoms with Gasteiger partial charge in [0.25, 0.3) is 5.91 Å². The first kappa shape index (κ1) is 17.8. The number of nitrogens with one attached hydrogen (secondary N) is 1. The van der Waals surface area contributed by atoms with Gasteiger partial charge in [0.05, 0.1) is 0 Å². The first-order chi connectivity index (χ1) is 10.1. The zero-order valence-electron chi connectivity index (χ0n) is 13.2. The van der Waals surface area contributed by atoms with Crippen molar-refractivity contribution >= 4 is 17.5 Å². The van der Waals surface area contributed by atoms with E-state index < -0.39 is 0 Å². The lowest BCUT2D eigenvalue weighted by Gasteiger charge is -2.15. The van der Waals surface area contributed by atoms with Crippen LogP contribution in [0.2, 0.25) is 5.02 Å². The van der Waals surface area contributed by atoms with E-state index >= 15 is 0 Å². The second-order valence-corrected chi connectivity index (χ2v) is 5.86. The first-order valence-electron chi connectivity index (χ1n) is 7.72. The Kier molecular flexibility index (Phi) is 8.21. The molecule has 0 saturated carbocycles. The molecule has 21 heavy (non-hydrogen) atoms. The molecule has 1 aromatic carbocycles. The standard InChI is InChI=1S/C17H26ClNO2/c1-4-6-7-14(5-2)11-19-17(20)12-21-16-9-8-15(18)10-13(16)3/h8-10,14H,4-7,11-12H2,1-3H3,(H,19,20). The molecule has 1 rings (SSSR count). The minimum atomic E-state index is -0.0701. The van der Waals surface area contributed by atoms with Crippen LogP contribution < -0.4 is 10.1 Å². The second-order valence-electron chi connectivity index (χ2n) is 5.42. The molecule has 0 bridgehead atoms. The number of hydrogen-bond acceptors (Lipinski definition) is 2. The van der Waals surface area contributed by atoms with Gasteiger partial charge in [0.15, 0.2) is 6.61 Å². The molecule has 0 aliphatic heterocycles. The number of hydrogen-bond donors (Lipinski definition) is 1. The van der Waals surface area contributed by atoms with Crippen molar-refractivity contribution in [3.63, 3.8) is 0 Å². The Bertz CT molecular complexity index is 448. The molecular formula is C17H26ClNO2. The van der Waals surface area contributed by atoms with Gasteiger partial charge in [-0.2, -0.15) is 0 Å². The summed E-state index contributed by atoms with van der Waals surface area (Å²) < 4.78 is 5.53. The van der Waals surface area contributed by atoms with E-state index in [2.05, 4.69) is 19.2 Å². The number of unbranched alkanes of at least 4 members (excludes halogenated alkanes) is 1. The molecule has 0 radical (unpaired) electrons. The molecular weight excluding hydrogens is 286 g/mol. The lowest BCUT2D eigenvalue weighted by Crippen LogP contribution is -2.33. The molecule has 4 heteroatoms. The van der Waals surface area contributed by atoms with Crippen molar-refractivity contribution in [2.45, 2.75) is 46.5 Å². The van der Waals surface area contributed by atoms with Crippen molar-refractivity contribution in [2.75, 3.05) is 13.2 Å². The molecule has 0 aliphatic carbocycles. The number of halogens is 1. The van der Waals surface area contributed by atoms with E-state index in [1.807, 2.05) is 13.0 Å². The van der Waals surface area contributed by atoms with Gasteiger partial charge in [-0.15, -0.1) is 0 Å². The fraction of sp³-hybridized carbons (Fsp3) is 0.588. The third-order valence-electron chi connectivity index (χ3n) is 3.63. The van der Waals surface area contributed by atoms with Gasteiger partial charge in [-0.05, 0) is 43.0 Å². The van der Waals surface area contributed by atoms with Crippen LogP contribution in [0.3, 0.4) is 0 Å². The van der Waals surface area contributed by atoms with Gasteiger partial charge in [0, 0.05) is 11.6 Å². The maximum atomic E-state index is 11.8. The Hall–Kier alpha value is -1.22. The van der Waals surface area contributed by atoms with E-state index in [4.69, 9.17) is 16.3 Å². The van der Waals surface area contributed by atoms with E-state index in [0.29, 0.717) is 16.7 Å². The highest BCUT2D eigenvalue weighted by Gasteiger charge is 2.09. The Balaban J connectivity index is 2.33. The van der Waals surface area contributed by atoms with Gasteiger partial charge < -0.3 is 10.1 Å². The lowest BCUT2D eigenvalue weighted by molar-refractivity contribution is -0.123. The first-order valence-corrected chi connectivity index (χ1v) is 8.10. The summed E-state index contributed by atoms with van der Waals surface area (Å²) in [7, 11) is 0. The van der Waals surface area contributed by atoms with Crippen LogP contribution in [0.5, 0.6) is 5.75 Å². The van der Waals surface area contributed by atoms with Crippen molar-refractivity contribution in [2.24, 2.45) is 5.92 Å². The topological polar surface area (TPSA) is 38.3 Å². The average molecular weight is 312 g/mol. The smallest absolute Gasteiger partial charge is 0.257 e. The normalized spacial score (nSPS) is 12.0. The Morgan fingerprint density at radius 1 is 1.38 bits per heavy atom. The van der Waals surface area contributed by atoms with Gasteiger partial charge in [0.1, 0.15) is 5.75 Å². The van der Waals surface area contributed by atoms with Crippen molar-refractivity contribution < 1.29 is 9.53 Å². The quantitative estimate of drug-likeness (QED) is 0.736. The zero-order valence-corrected chi connectivity index (χ0v) is 14.0. The number of carbonyl (C=O) groups excluding carboxylic acids is 1. The Labute approximate surface area is 133 Å². The molecule has 1 amide bonds. The SMILES string of the molecule is CCCCC(CC)CNC(=O)COc1ccc(Cl)cc1C. The molecule has 118 valence electrons. The molecule has 0 aliphatic rings. The van der Waals surface area contributed by atoms with Gasteiger partial charge >= 0.3 is 0 Å². The maximum Gasteiger partial charge on any atom is 0.257 e. The summed E-state index contributed by atoms with van der Waals surface area (Å²) in [6, 6.07) is 5.38. The molecule has 1 unspecified atom stereocenters. The van der Waals surface area contributed by atoms with E-state index in [1.54, 1.807) is 12.1 Å². The van der Waals surface area contributed by atoms with Crippen LogP contribution in [0.25, 0.3) is 0 Å². The van der Waals surface area contributed by atoms with Crippen molar-refractivity contribution in [3.05, 3.63) is 28.8 Å². The second kappa shape index (κ2) is 9.67. The average Bonchev–Trinajstić information content (AvgIpc) is 2.46. The van der Waals surface area contributed by atoms with Gasteiger partial charge in [-0.3, -0.25) is 4.79 Å². The van der Waals surface area contributed by atoms with Crippen LogP contribution in [-0.4, -0.2) is 19.1 Å². The lowest BCUT2D eigenvalue weighted by atomic mass is 9.99.